The van der Waals surface area contributed by atoms with Crippen LogP contribution in [0.1, 0.15) is 58.9 Å². The molecule has 1 saturated carbocycles. The van der Waals surface area contributed by atoms with Crippen LogP contribution in [0.25, 0.3) is 0 Å². The summed E-state index contributed by atoms with van der Waals surface area (Å²) in [7, 11) is 2.26. The molecule has 2 atom stereocenters. The van der Waals surface area contributed by atoms with Crippen LogP contribution in [0.2, 0.25) is 0 Å². The van der Waals surface area contributed by atoms with E-state index in [1.165, 1.54) is 36.9 Å². The summed E-state index contributed by atoms with van der Waals surface area (Å²) in [5.74, 6) is 0.876. The Balaban J connectivity index is 1.94. The van der Waals surface area contributed by atoms with E-state index >= 15 is 0 Å². The molecule has 0 amide bonds. The SMILES string of the molecule is CC1CCCC(N(C)c2ccc(CNC(C)(C)C)cc2)C1. The predicted molar refractivity (Wildman–Crippen MR) is 92.9 cm³/mol. The van der Waals surface area contributed by atoms with Crippen LogP contribution in [0, 0.1) is 5.92 Å². The molecule has 0 spiro atoms. The van der Waals surface area contributed by atoms with Crippen molar-refractivity contribution in [3.05, 3.63) is 29.8 Å². The van der Waals surface area contributed by atoms with Gasteiger partial charge in [0, 0.05) is 30.9 Å². The predicted octanol–water partition coefficient (Wildman–Crippen LogP) is 4.59. The Hall–Kier alpha value is -1.02. The minimum Gasteiger partial charge on any atom is -0.372 e. The first-order chi connectivity index (χ1) is 9.85. The second-order valence-corrected chi connectivity index (χ2v) is 7.81. The van der Waals surface area contributed by atoms with Gasteiger partial charge in [0.25, 0.3) is 0 Å². The summed E-state index contributed by atoms with van der Waals surface area (Å²) in [6.07, 6.45) is 5.46. The molecule has 118 valence electrons. The van der Waals surface area contributed by atoms with Crippen LogP contribution in [-0.4, -0.2) is 18.6 Å². The molecule has 2 nitrogen and oxygen atoms in total. The van der Waals surface area contributed by atoms with E-state index in [0.717, 1.165) is 12.5 Å². The van der Waals surface area contributed by atoms with Gasteiger partial charge in [-0.25, -0.2) is 0 Å². The average Bonchev–Trinajstić information content (AvgIpc) is 2.44. The van der Waals surface area contributed by atoms with Gasteiger partial charge in [0.1, 0.15) is 0 Å². The van der Waals surface area contributed by atoms with Crippen molar-refractivity contribution in [1.29, 1.82) is 0 Å². The van der Waals surface area contributed by atoms with Gasteiger partial charge in [0.15, 0.2) is 0 Å². The standard InChI is InChI=1S/C19H32N2/c1-15-7-6-8-18(13-15)21(5)17-11-9-16(10-12-17)14-20-19(2,3)4/h9-12,15,18,20H,6-8,13-14H2,1-5H3. The van der Waals surface area contributed by atoms with Gasteiger partial charge in [-0.3, -0.25) is 0 Å². The summed E-state index contributed by atoms with van der Waals surface area (Å²) in [6.45, 7) is 9.95. The Bertz CT molecular complexity index is 430. The molecule has 0 heterocycles. The molecule has 0 aliphatic heterocycles. The lowest BCUT2D eigenvalue weighted by atomic mass is 9.86. The molecule has 1 N–H and O–H groups in total. The molecule has 1 aliphatic rings. The Morgan fingerprint density at radius 1 is 1.14 bits per heavy atom. The first kappa shape index (κ1) is 16.4. The third-order valence-electron chi connectivity index (χ3n) is 4.62. The van der Waals surface area contributed by atoms with Crippen LogP contribution in [0.3, 0.4) is 0 Å². The van der Waals surface area contributed by atoms with Crippen LogP contribution >= 0.6 is 0 Å². The number of hydrogen-bond acceptors (Lipinski definition) is 2. The minimum absolute atomic E-state index is 0.174. The summed E-state index contributed by atoms with van der Waals surface area (Å²) in [5.41, 5.74) is 2.89. The van der Waals surface area contributed by atoms with Crippen LogP contribution in [0.5, 0.6) is 0 Å². The molecule has 2 rings (SSSR count). The zero-order valence-electron chi connectivity index (χ0n) is 14.4. The maximum absolute atomic E-state index is 3.54. The molecule has 2 unspecified atom stereocenters. The second-order valence-electron chi connectivity index (χ2n) is 7.81. The molecule has 1 aromatic carbocycles. The normalized spacial score (nSPS) is 23.1. The third kappa shape index (κ3) is 5.03. The van der Waals surface area contributed by atoms with Gasteiger partial charge < -0.3 is 10.2 Å². The monoisotopic (exact) mass is 288 g/mol. The van der Waals surface area contributed by atoms with Gasteiger partial charge in [0.2, 0.25) is 0 Å². The fourth-order valence-electron chi connectivity index (χ4n) is 3.18. The quantitative estimate of drug-likeness (QED) is 0.871. The largest absolute Gasteiger partial charge is 0.372 e. The molecule has 0 saturated heterocycles. The summed E-state index contributed by atoms with van der Waals surface area (Å²) < 4.78 is 0. The number of benzene rings is 1. The first-order valence-corrected chi connectivity index (χ1v) is 8.42. The first-order valence-electron chi connectivity index (χ1n) is 8.42. The smallest absolute Gasteiger partial charge is 0.0366 e. The molecule has 0 bridgehead atoms. The van der Waals surface area contributed by atoms with E-state index in [9.17, 15) is 0 Å². The number of hydrogen-bond donors (Lipinski definition) is 1. The summed E-state index contributed by atoms with van der Waals surface area (Å²) in [4.78, 5) is 2.48. The lowest BCUT2D eigenvalue weighted by molar-refractivity contribution is 0.336. The zero-order chi connectivity index (χ0) is 15.5. The number of rotatable bonds is 4. The van der Waals surface area contributed by atoms with Crippen molar-refractivity contribution in [2.24, 2.45) is 5.92 Å². The summed E-state index contributed by atoms with van der Waals surface area (Å²) >= 11 is 0. The van der Waals surface area contributed by atoms with E-state index in [-0.39, 0.29) is 5.54 Å². The molecule has 0 aromatic heterocycles. The van der Waals surface area contributed by atoms with Crippen molar-refractivity contribution < 1.29 is 0 Å². The van der Waals surface area contributed by atoms with Crippen LogP contribution in [0.15, 0.2) is 24.3 Å². The Kier molecular flexibility index (Phi) is 5.32. The van der Waals surface area contributed by atoms with Crippen molar-refractivity contribution in [3.8, 4) is 0 Å². The summed E-state index contributed by atoms with van der Waals surface area (Å²) in [5, 5.41) is 3.54. The van der Waals surface area contributed by atoms with Gasteiger partial charge in [0.05, 0.1) is 0 Å². The van der Waals surface area contributed by atoms with E-state index in [1.54, 1.807) is 0 Å². The lowest BCUT2D eigenvalue weighted by Crippen LogP contribution is -2.36. The fourth-order valence-corrected chi connectivity index (χ4v) is 3.18. The number of nitrogens with one attached hydrogen (secondary N) is 1. The van der Waals surface area contributed by atoms with Crippen molar-refractivity contribution in [2.75, 3.05) is 11.9 Å². The maximum atomic E-state index is 3.54. The third-order valence-corrected chi connectivity index (χ3v) is 4.62. The second kappa shape index (κ2) is 6.83. The molecule has 21 heavy (non-hydrogen) atoms. The van der Waals surface area contributed by atoms with Crippen LogP contribution in [-0.2, 0) is 6.54 Å². The van der Waals surface area contributed by atoms with Crippen molar-refractivity contribution >= 4 is 5.69 Å². The molecule has 0 radical (unpaired) electrons. The van der Waals surface area contributed by atoms with Gasteiger partial charge in [-0.1, -0.05) is 31.9 Å². The fraction of sp³-hybridized carbons (Fsp3) is 0.684. The van der Waals surface area contributed by atoms with E-state index in [1.807, 2.05) is 0 Å². The van der Waals surface area contributed by atoms with Crippen molar-refractivity contribution in [1.82, 2.24) is 5.32 Å². The average molecular weight is 288 g/mol. The number of anilines is 1. The molecule has 1 aromatic rings. The molecular formula is C19H32N2. The van der Waals surface area contributed by atoms with E-state index in [2.05, 4.69) is 69.2 Å². The highest BCUT2D eigenvalue weighted by molar-refractivity contribution is 5.48. The lowest BCUT2D eigenvalue weighted by Gasteiger charge is -2.35. The van der Waals surface area contributed by atoms with E-state index < -0.39 is 0 Å². The molecule has 1 fully saturated rings. The highest BCUT2D eigenvalue weighted by Crippen LogP contribution is 2.29. The van der Waals surface area contributed by atoms with Gasteiger partial charge >= 0.3 is 0 Å². The Morgan fingerprint density at radius 2 is 1.81 bits per heavy atom. The topological polar surface area (TPSA) is 15.3 Å². The summed E-state index contributed by atoms with van der Waals surface area (Å²) in [6, 6.07) is 9.79. The van der Waals surface area contributed by atoms with E-state index in [0.29, 0.717) is 6.04 Å². The minimum atomic E-state index is 0.174. The van der Waals surface area contributed by atoms with Crippen LogP contribution in [0.4, 0.5) is 5.69 Å². The Morgan fingerprint density at radius 3 is 2.38 bits per heavy atom. The molecule has 2 heteroatoms. The molecule has 1 aliphatic carbocycles. The highest BCUT2D eigenvalue weighted by Gasteiger charge is 2.22. The number of nitrogens with zero attached hydrogens (tertiary/aromatic N) is 1. The van der Waals surface area contributed by atoms with E-state index in [4.69, 9.17) is 0 Å². The van der Waals surface area contributed by atoms with Gasteiger partial charge in [-0.15, -0.1) is 0 Å². The zero-order valence-corrected chi connectivity index (χ0v) is 14.4. The maximum Gasteiger partial charge on any atom is 0.0366 e. The van der Waals surface area contributed by atoms with Gasteiger partial charge in [-0.2, -0.15) is 0 Å². The van der Waals surface area contributed by atoms with Crippen molar-refractivity contribution in [3.63, 3.8) is 0 Å². The molecular weight excluding hydrogens is 256 g/mol. The Labute approximate surface area is 130 Å². The highest BCUT2D eigenvalue weighted by atomic mass is 15.1. The van der Waals surface area contributed by atoms with Crippen molar-refractivity contribution in [2.45, 2.75) is 71.5 Å². The van der Waals surface area contributed by atoms with Gasteiger partial charge in [-0.05, 0) is 57.2 Å². The van der Waals surface area contributed by atoms with Crippen LogP contribution < -0.4 is 10.2 Å².